The topological polar surface area (TPSA) is 87.3 Å². The average Bonchev–Trinajstić information content (AvgIpc) is 3.66. The van der Waals surface area contributed by atoms with Gasteiger partial charge in [-0.05, 0) is 68.7 Å². The van der Waals surface area contributed by atoms with Crippen LogP contribution in [0.25, 0.3) is 11.4 Å². The maximum atomic E-state index is 15.4. The van der Waals surface area contributed by atoms with Gasteiger partial charge in [0, 0.05) is 36.2 Å². The maximum Gasteiger partial charge on any atom is 0.224 e. The van der Waals surface area contributed by atoms with Crippen molar-refractivity contribution in [1.82, 2.24) is 24.6 Å². The number of halogens is 1. The van der Waals surface area contributed by atoms with Crippen LogP contribution < -0.4 is 0 Å². The molecule has 2 aliphatic carbocycles. The van der Waals surface area contributed by atoms with Crippen LogP contribution in [0.3, 0.4) is 0 Å². The summed E-state index contributed by atoms with van der Waals surface area (Å²) in [5, 5.41) is 27.4. The molecule has 1 aromatic carbocycles. The molecule has 2 saturated carbocycles. The predicted molar refractivity (Wildman–Crippen MR) is 148 cm³/mol. The van der Waals surface area contributed by atoms with Gasteiger partial charge in [-0.15, -0.1) is 0 Å². The van der Waals surface area contributed by atoms with E-state index in [1.807, 2.05) is 23.9 Å². The Balaban J connectivity index is 1.43. The highest BCUT2D eigenvalue weighted by Gasteiger charge is 2.55. The molecule has 3 heterocycles. The number of hydrogen-bond donors (Lipinski definition) is 2. The fraction of sp³-hybridized carbons (Fsp3) is 0.581. The monoisotopic (exact) mass is 533 g/mol. The van der Waals surface area contributed by atoms with Crippen molar-refractivity contribution in [3.63, 3.8) is 0 Å². The Morgan fingerprint density at radius 1 is 1.03 bits per heavy atom. The van der Waals surface area contributed by atoms with Crippen molar-refractivity contribution in [2.75, 3.05) is 20.1 Å². The Labute approximate surface area is 230 Å². The summed E-state index contributed by atoms with van der Waals surface area (Å²) in [6.45, 7) is 7.79. The molecule has 1 atom stereocenters. The lowest BCUT2D eigenvalue weighted by atomic mass is 9.62. The summed E-state index contributed by atoms with van der Waals surface area (Å²) in [4.78, 5) is 11.2. The lowest BCUT2D eigenvalue weighted by molar-refractivity contribution is -0.127. The molecular weight excluding hydrogens is 493 g/mol. The highest BCUT2D eigenvalue weighted by atomic mass is 19.1. The fourth-order valence-electron chi connectivity index (χ4n) is 6.80. The molecule has 3 fully saturated rings. The quantitative estimate of drug-likeness (QED) is 0.409. The molecule has 7 nitrogen and oxygen atoms in total. The molecule has 1 aliphatic heterocycles. The van der Waals surface area contributed by atoms with Gasteiger partial charge >= 0.3 is 0 Å². The van der Waals surface area contributed by atoms with Gasteiger partial charge in [0.2, 0.25) is 5.95 Å². The number of pyridine rings is 1. The molecule has 3 aromatic rings. The first-order valence-corrected chi connectivity index (χ1v) is 14.4. The van der Waals surface area contributed by atoms with E-state index >= 15 is 4.39 Å². The minimum Gasteiger partial charge on any atom is -0.393 e. The Hall–Kier alpha value is -2.68. The van der Waals surface area contributed by atoms with Crippen molar-refractivity contribution in [3.05, 3.63) is 65.0 Å². The third-order valence-electron chi connectivity index (χ3n) is 9.22. The van der Waals surface area contributed by atoms with Crippen molar-refractivity contribution in [3.8, 4) is 11.4 Å². The predicted octanol–water partition coefficient (Wildman–Crippen LogP) is 5.14. The molecule has 2 N–H and O–H groups in total. The summed E-state index contributed by atoms with van der Waals surface area (Å²) < 4.78 is 17.4. The van der Waals surface area contributed by atoms with Crippen LogP contribution in [-0.2, 0) is 5.60 Å². The Kier molecular flexibility index (Phi) is 6.63. The second kappa shape index (κ2) is 9.75. The Morgan fingerprint density at radius 3 is 2.28 bits per heavy atom. The van der Waals surface area contributed by atoms with Gasteiger partial charge in [-0.2, -0.15) is 9.49 Å². The molecule has 8 heteroatoms. The molecule has 2 aromatic heterocycles. The van der Waals surface area contributed by atoms with Crippen LogP contribution in [0.5, 0.6) is 0 Å². The van der Waals surface area contributed by atoms with E-state index in [-0.39, 0.29) is 17.6 Å². The van der Waals surface area contributed by atoms with Crippen molar-refractivity contribution < 1.29 is 14.6 Å². The number of likely N-dealkylation sites (tertiary alicyclic amines) is 1. The van der Waals surface area contributed by atoms with Gasteiger partial charge in [-0.1, -0.05) is 45.0 Å². The fourth-order valence-corrected chi connectivity index (χ4v) is 6.80. The molecule has 3 aliphatic rings. The molecule has 0 radical (unpaired) electrons. The molecular formula is C31H40FN5O2. The first kappa shape index (κ1) is 26.5. The summed E-state index contributed by atoms with van der Waals surface area (Å²) in [6.07, 6.45) is 6.51. The lowest BCUT2D eigenvalue weighted by Crippen LogP contribution is -2.63. The summed E-state index contributed by atoms with van der Waals surface area (Å²) in [5.41, 5.74) is 0.903. The van der Waals surface area contributed by atoms with Gasteiger partial charge in [-0.3, -0.25) is 0 Å². The number of rotatable bonds is 7. The van der Waals surface area contributed by atoms with Crippen LogP contribution in [-0.4, -0.2) is 61.1 Å². The zero-order valence-electron chi connectivity index (χ0n) is 23.4. The maximum absolute atomic E-state index is 15.4. The van der Waals surface area contributed by atoms with Crippen molar-refractivity contribution in [2.45, 2.75) is 88.9 Å². The largest absolute Gasteiger partial charge is 0.393 e. The van der Waals surface area contributed by atoms with Crippen LogP contribution in [0.2, 0.25) is 0 Å². The van der Waals surface area contributed by atoms with Crippen molar-refractivity contribution >= 4 is 0 Å². The molecule has 1 unspecified atom stereocenters. The number of aliphatic hydroxyl groups is 2. The van der Waals surface area contributed by atoms with Gasteiger partial charge in [-0.25, -0.2) is 14.6 Å². The smallest absolute Gasteiger partial charge is 0.224 e. The van der Waals surface area contributed by atoms with E-state index in [0.717, 1.165) is 49.9 Å². The number of aromatic nitrogens is 4. The summed E-state index contributed by atoms with van der Waals surface area (Å²) in [6, 6.07) is 10.1. The van der Waals surface area contributed by atoms with E-state index in [4.69, 9.17) is 10.1 Å². The SMILES string of the molecule is CC(C)c1ccc(C(O)(c2cnc(F)c(-c3nc([C@H]4CC[C@H](O)CC4)n(C4CC4)n3)c2)C2(C)CN(C)C2)cc1. The summed E-state index contributed by atoms with van der Waals surface area (Å²) in [5.74, 6) is 1.16. The van der Waals surface area contributed by atoms with Gasteiger partial charge in [0.15, 0.2) is 5.82 Å². The second-order valence-electron chi connectivity index (χ2n) is 12.8. The first-order valence-electron chi connectivity index (χ1n) is 14.4. The molecule has 208 valence electrons. The molecule has 0 bridgehead atoms. The first-order chi connectivity index (χ1) is 18.6. The average molecular weight is 534 g/mol. The third-order valence-corrected chi connectivity index (χ3v) is 9.22. The number of benzene rings is 1. The van der Waals surface area contributed by atoms with E-state index in [2.05, 4.69) is 42.8 Å². The highest BCUT2D eigenvalue weighted by molar-refractivity contribution is 5.57. The molecule has 0 spiro atoms. The molecule has 39 heavy (non-hydrogen) atoms. The van der Waals surface area contributed by atoms with Gasteiger partial charge in [0.1, 0.15) is 11.4 Å². The summed E-state index contributed by atoms with van der Waals surface area (Å²) in [7, 11) is 2.04. The Morgan fingerprint density at radius 2 is 1.69 bits per heavy atom. The highest BCUT2D eigenvalue weighted by Crippen LogP contribution is 2.51. The number of aliphatic hydroxyl groups excluding tert-OH is 1. The number of nitrogens with zero attached hydrogens (tertiary/aromatic N) is 5. The zero-order valence-corrected chi connectivity index (χ0v) is 23.4. The van der Waals surface area contributed by atoms with E-state index < -0.39 is 17.0 Å². The third kappa shape index (κ3) is 4.60. The molecule has 0 amide bonds. The second-order valence-corrected chi connectivity index (χ2v) is 12.8. The van der Waals surface area contributed by atoms with Crippen LogP contribution in [0.1, 0.15) is 99.7 Å². The van der Waals surface area contributed by atoms with E-state index in [0.29, 0.717) is 36.4 Å². The minimum absolute atomic E-state index is 0.204. The van der Waals surface area contributed by atoms with Crippen LogP contribution in [0.15, 0.2) is 36.5 Å². The van der Waals surface area contributed by atoms with Crippen LogP contribution in [0.4, 0.5) is 4.39 Å². The Bertz CT molecular complexity index is 1340. The van der Waals surface area contributed by atoms with Crippen LogP contribution >= 0.6 is 0 Å². The standard InChI is InChI=1S/C31H40FN5O2/c1-19(2)20-5-9-22(10-6-20)31(39,30(3)17-36(4)18-30)23-15-26(27(32)33-16-23)28-34-29(37(35-28)24-11-12-24)21-7-13-25(38)14-8-21/h5-6,9-10,15-16,19,21,24-25,38-39H,7-8,11-14,17-18H2,1-4H3/t21-,25-,31?. The number of hydrogen-bond acceptors (Lipinski definition) is 6. The van der Waals surface area contributed by atoms with E-state index in [1.165, 1.54) is 11.8 Å². The lowest BCUT2D eigenvalue weighted by Gasteiger charge is -2.55. The normalized spacial score (nSPS) is 24.9. The molecule has 6 rings (SSSR count). The van der Waals surface area contributed by atoms with E-state index in [1.54, 1.807) is 6.07 Å². The van der Waals surface area contributed by atoms with Crippen molar-refractivity contribution in [2.24, 2.45) is 5.41 Å². The minimum atomic E-state index is -1.37. The molecule has 1 saturated heterocycles. The summed E-state index contributed by atoms with van der Waals surface area (Å²) >= 11 is 0. The van der Waals surface area contributed by atoms with Crippen LogP contribution in [0, 0.1) is 11.4 Å². The van der Waals surface area contributed by atoms with Gasteiger partial charge in [0.25, 0.3) is 0 Å². The van der Waals surface area contributed by atoms with E-state index in [9.17, 15) is 10.2 Å². The van der Waals surface area contributed by atoms with Gasteiger partial charge < -0.3 is 15.1 Å². The van der Waals surface area contributed by atoms with Gasteiger partial charge in [0.05, 0.1) is 17.7 Å². The zero-order chi connectivity index (χ0) is 27.5. The van der Waals surface area contributed by atoms with Crippen molar-refractivity contribution in [1.29, 1.82) is 0 Å².